The predicted octanol–water partition coefficient (Wildman–Crippen LogP) is 4.38. The van der Waals surface area contributed by atoms with E-state index in [2.05, 4.69) is 21.0 Å². The SMILES string of the molecule is Cc1cccc(C(N)=C(C=NC2CC2)c2ccnc(-c3ccc(C#N)cc3)c2)n1. The Morgan fingerprint density at radius 3 is 2.66 bits per heavy atom. The summed E-state index contributed by atoms with van der Waals surface area (Å²) in [5.74, 6) is 0. The van der Waals surface area contributed by atoms with Gasteiger partial charge in [-0.05, 0) is 61.7 Å². The smallest absolute Gasteiger partial charge is 0.0991 e. The van der Waals surface area contributed by atoms with E-state index in [1.807, 2.05) is 55.6 Å². The van der Waals surface area contributed by atoms with Crippen molar-refractivity contribution in [1.29, 1.82) is 5.26 Å². The summed E-state index contributed by atoms with van der Waals surface area (Å²) in [6.45, 7) is 1.95. The van der Waals surface area contributed by atoms with Crippen molar-refractivity contribution in [2.45, 2.75) is 25.8 Å². The van der Waals surface area contributed by atoms with E-state index in [-0.39, 0.29) is 0 Å². The number of nitrogens with zero attached hydrogens (tertiary/aromatic N) is 4. The van der Waals surface area contributed by atoms with Gasteiger partial charge in [0, 0.05) is 29.2 Å². The highest BCUT2D eigenvalue weighted by Crippen LogP contribution is 2.27. The van der Waals surface area contributed by atoms with Crippen LogP contribution >= 0.6 is 0 Å². The highest BCUT2D eigenvalue weighted by molar-refractivity contribution is 6.18. The topological polar surface area (TPSA) is 88.0 Å². The summed E-state index contributed by atoms with van der Waals surface area (Å²) < 4.78 is 0. The summed E-state index contributed by atoms with van der Waals surface area (Å²) in [7, 11) is 0. The van der Waals surface area contributed by atoms with Crippen molar-refractivity contribution in [2.24, 2.45) is 10.7 Å². The van der Waals surface area contributed by atoms with Crippen LogP contribution in [-0.4, -0.2) is 22.2 Å². The lowest BCUT2D eigenvalue weighted by Crippen LogP contribution is -2.06. The largest absolute Gasteiger partial charge is 0.396 e. The monoisotopic (exact) mass is 379 g/mol. The Morgan fingerprint density at radius 1 is 1.17 bits per heavy atom. The maximum absolute atomic E-state index is 9.01. The molecule has 0 atom stereocenters. The average molecular weight is 379 g/mol. The summed E-state index contributed by atoms with van der Waals surface area (Å²) in [6.07, 6.45) is 5.89. The van der Waals surface area contributed by atoms with Gasteiger partial charge in [0.1, 0.15) is 0 Å². The number of benzene rings is 1. The van der Waals surface area contributed by atoms with E-state index in [0.29, 0.717) is 17.3 Å². The molecule has 1 aromatic carbocycles. The highest BCUT2D eigenvalue weighted by Gasteiger charge is 2.20. The Balaban J connectivity index is 1.78. The number of aliphatic imine (C=N–C) groups is 1. The van der Waals surface area contributed by atoms with E-state index in [0.717, 1.165) is 46.6 Å². The van der Waals surface area contributed by atoms with Gasteiger partial charge in [0.15, 0.2) is 0 Å². The summed E-state index contributed by atoms with van der Waals surface area (Å²) in [5, 5.41) is 9.01. The van der Waals surface area contributed by atoms with Gasteiger partial charge in [-0.3, -0.25) is 15.0 Å². The molecule has 0 amide bonds. The predicted molar refractivity (Wildman–Crippen MR) is 116 cm³/mol. The van der Waals surface area contributed by atoms with E-state index >= 15 is 0 Å². The highest BCUT2D eigenvalue weighted by atomic mass is 14.8. The van der Waals surface area contributed by atoms with Crippen molar-refractivity contribution in [1.82, 2.24) is 9.97 Å². The maximum Gasteiger partial charge on any atom is 0.0991 e. The molecule has 1 fully saturated rings. The maximum atomic E-state index is 9.01. The van der Waals surface area contributed by atoms with Crippen LogP contribution in [0.3, 0.4) is 0 Å². The van der Waals surface area contributed by atoms with Crippen LogP contribution in [0.15, 0.2) is 65.8 Å². The first-order valence-corrected chi connectivity index (χ1v) is 9.58. The molecular weight excluding hydrogens is 358 g/mol. The van der Waals surface area contributed by atoms with Crippen LogP contribution in [0.4, 0.5) is 0 Å². The molecule has 2 N–H and O–H groups in total. The van der Waals surface area contributed by atoms with Crippen LogP contribution in [0.25, 0.3) is 22.5 Å². The molecule has 0 saturated heterocycles. The molecule has 0 spiro atoms. The van der Waals surface area contributed by atoms with Gasteiger partial charge in [0.2, 0.25) is 0 Å². The van der Waals surface area contributed by atoms with Crippen LogP contribution in [0.2, 0.25) is 0 Å². The molecule has 29 heavy (non-hydrogen) atoms. The van der Waals surface area contributed by atoms with Crippen LogP contribution in [0, 0.1) is 18.3 Å². The standard InChI is InChI=1S/C24H21N5/c1-16-3-2-4-22(29-16)24(26)21(15-28-20-9-10-20)19-11-12-27-23(13-19)18-7-5-17(14-25)6-8-18/h2-8,11-13,15,20H,9-10,26H2,1H3. The lowest BCUT2D eigenvalue weighted by Gasteiger charge is -2.10. The third-order valence-electron chi connectivity index (χ3n) is 4.80. The minimum atomic E-state index is 0.392. The van der Waals surface area contributed by atoms with Crippen LogP contribution < -0.4 is 5.73 Å². The van der Waals surface area contributed by atoms with Crippen molar-refractivity contribution >= 4 is 17.5 Å². The zero-order chi connectivity index (χ0) is 20.2. The molecule has 5 nitrogen and oxygen atoms in total. The normalized spacial score (nSPS) is 14.5. The Morgan fingerprint density at radius 2 is 1.97 bits per heavy atom. The van der Waals surface area contributed by atoms with Gasteiger partial charge in [-0.15, -0.1) is 0 Å². The van der Waals surface area contributed by atoms with Crippen LogP contribution in [0.5, 0.6) is 0 Å². The average Bonchev–Trinajstić information content (AvgIpc) is 3.58. The van der Waals surface area contributed by atoms with Gasteiger partial charge >= 0.3 is 0 Å². The molecule has 1 aliphatic rings. The van der Waals surface area contributed by atoms with Crippen molar-refractivity contribution in [3.8, 4) is 17.3 Å². The fraction of sp³-hybridized carbons (Fsp3) is 0.167. The first kappa shape index (κ1) is 18.6. The number of hydrogen-bond acceptors (Lipinski definition) is 5. The number of nitriles is 1. The number of aromatic nitrogens is 2. The second-order valence-corrected chi connectivity index (χ2v) is 7.12. The Labute approximate surface area is 170 Å². The molecule has 0 unspecified atom stereocenters. The van der Waals surface area contributed by atoms with Crippen molar-refractivity contribution in [3.63, 3.8) is 0 Å². The molecule has 0 bridgehead atoms. The molecule has 4 rings (SSSR count). The molecule has 0 radical (unpaired) electrons. The third kappa shape index (κ3) is 4.39. The van der Waals surface area contributed by atoms with Crippen molar-refractivity contribution in [2.75, 3.05) is 0 Å². The fourth-order valence-corrected chi connectivity index (χ4v) is 3.01. The van der Waals surface area contributed by atoms with Gasteiger partial charge in [0.05, 0.1) is 34.8 Å². The van der Waals surface area contributed by atoms with Gasteiger partial charge in [0.25, 0.3) is 0 Å². The van der Waals surface area contributed by atoms with E-state index in [4.69, 9.17) is 11.0 Å². The fourth-order valence-electron chi connectivity index (χ4n) is 3.01. The van der Waals surface area contributed by atoms with Gasteiger partial charge in [-0.2, -0.15) is 5.26 Å². The number of aryl methyl sites for hydroxylation is 1. The van der Waals surface area contributed by atoms with E-state index < -0.39 is 0 Å². The zero-order valence-corrected chi connectivity index (χ0v) is 16.2. The van der Waals surface area contributed by atoms with Gasteiger partial charge in [-0.25, -0.2) is 0 Å². The van der Waals surface area contributed by atoms with Gasteiger partial charge in [-0.1, -0.05) is 18.2 Å². The molecule has 1 saturated carbocycles. The summed E-state index contributed by atoms with van der Waals surface area (Å²) in [5.41, 5.74) is 12.9. The minimum absolute atomic E-state index is 0.392. The molecule has 2 aromatic heterocycles. The number of allylic oxidation sites excluding steroid dienone is 1. The lowest BCUT2D eigenvalue weighted by atomic mass is 10.0. The molecule has 2 heterocycles. The molecular formula is C24H21N5. The minimum Gasteiger partial charge on any atom is -0.396 e. The number of hydrogen-bond donors (Lipinski definition) is 1. The molecule has 5 heteroatoms. The van der Waals surface area contributed by atoms with Crippen LogP contribution in [0.1, 0.15) is 35.4 Å². The lowest BCUT2D eigenvalue weighted by molar-refractivity contribution is 1.08. The van der Waals surface area contributed by atoms with Gasteiger partial charge < -0.3 is 5.73 Å². The van der Waals surface area contributed by atoms with Crippen molar-refractivity contribution < 1.29 is 0 Å². The van der Waals surface area contributed by atoms with Crippen molar-refractivity contribution in [3.05, 3.63) is 83.3 Å². The van der Waals surface area contributed by atoms with E-state index in [1.165, 1.54) is 0 Å². The first-order chi connectivity index (χ1) is 14.1. The van der Waals surface area contributed by atoms with Crippen LogP contribution in [-0.2, 0) is 0 Å². The molecule has 0 aliphatic heterocycles. The Bertz CT molecular complexity index is 1130. The van der Waals surface area contributed by atoms with E-state index in [9.17, 15) is 0 Å². The summed E-state index contributed by atoms with van der Waals surface area (Å²) >= 11 is 0. The number of nitrogens with two attached hydrogens (primary N) is 1. The molecule has 142 valence electrons. The second kappa shape index (κ2) is 8.07. The Kier molecular flexibility index (Phi) is 5.17. The third-order valence-corrected chi connectivity index (χ3v) is 4.80. The molecule has 1 aliphatic carbocycles. The quantitative estimate of drug-likeness (QED) is 0.666. The molecule has 3 aromatic rings. The zero-order valence-electron chi connectivity index (χ0n) is 16.2. The summed E-state index contributed by atoms with van der Waals surface area (Å²) in [4.78, 5) is 13.7. The van der Waals surface area contributed by atoms with E-state index in [1.54, 1.807) is 18.3 Å². The number of pyridine rings is 2. The second-order valence-electron chi connectivity index (χ2n) is 7.12. The Hall–Kier alpha value is -3.78. The summed E-state index contributed by atoms with van der Waals surface area (Å²) in [6, 6.07) is 19.7. The number of rotatable bonds is 5. The first-order valence-electron chi connectivity index (χ1n) is 9.58.